The summed E-state index contributed by atoms with van der Waals surface area (Å²) in [5.41, 5.74) is 2.64. The Kier molecular flexibility index (Phi) is 4.86. The van der Waals surface area contributed by atoms with Crippen molar-refractivity contribution in [1.82, 2.24) is 10.2 Å². The summed E-state index contributed by atoms with van der Waals surface area (Å²) < 4.78 is 0. The standard InChI is InChI=1S/C20H28N2O/c1-20(2)13-18(12-19(23)14-20)21-17-8-10-22(11-9-17)15-16-6-4-3-5-7-16/h3-7,12,17,21H,8-11,13-15H2,1-2H3. The molecule has 3 nitrogen and oxygen atoms in total. The van der Waals surface area contributed by atoms with E-state index in [1.807, 2.05) is 6.08 Å². The first-order chi connectivity index (χ1) is 11.0. The lowest BCUT2D eigenvalue weighted by atomic mass is 9.78. The first-order valence-electron chi connectivity index (χ1n) is 8.76. The highest BCUT2D eigenvalue weighted by atomic mass is 16.1. The Bertz CT molecular complexity index is 569. The number of ketones is 1. The summed E-state index contributed by atoms with van der Waals surface area (Å²) in [5.74, 6) is 0.269. The number of rotatable bonds is 4. The second-order valence-electron chi connectivity index (χ2n) is 7.83. The number of piperidine rings is 1. The average Bonchev–Trinajstić information content (AvgIpc) is 2.48. The van der Waals surface area contributed by atoms with Gasteiger partial charge < -0.3 is 5.32 Å². The minimum absolute atomic E-state index is 0.0994. The summed E-state index contributed by atoms with van der Waals surface area (Å²) in [6.45, 7) is 7.65. The molecule has 0 aromatic heterocycles. The van der Waals surface area contributed by atoms with Crippen LogP contribution in [0.4, 0.5) is 0 Å². The van der Waals surface area contributed by atoms with E-state index in [9.17, 15) is 4.79 Å². The van der Waals surface area contributed by atoms with Crippen LogP contribution in [0, 0.1) is 5.41 Å². The lowest BCUT2D eigenvalue weighted by molar-refractivity contribution is -0.117. The number of nitrogens with zero attached hydrogens (tertiary/aromatic N) is 1. The van der Waals surface area contributed by atoms with Gasteiger partial charge in [0.25, 0.3) is 0 Å². The van der Waals surface area contributed by atoms with Crippen LogP contribution in [0.2, 0.25) is 0 Å². The molecular weight excluding hydrogens is 284 g/mol. The Labute approximate surface area is 139 Å². The monoisotopic (exact) mass is 312 g/mol. The van der Waals surface area contributed by atoms with Gasteiger partial charge >= 0.3 is 0 Å². The van der Waals surface area contributed by atoms with E-state index >= 15 is 0 Å². The third-order valence-corrected chi connectivity index (χ3v) is 4.88. The minimum Gasteiger partial charge on any atom is -0.385 e. The number of likely N-dealkylation sites (tertiary alicyclic amines) is 1. The summed E-state index contributed by atoms with van der Waals surface area (Å²) in [7, 11) is 0. The Hall–Kier alpha value is -1.61. The van der Waals surface area contributed by atoms with Crippen LogP contribution < -0.4 is 5.32 Å². The fourth-order valence-electron chi connectivity index (χ4n) is 3.78. The zero-order valence-electron chi connectivity index (χ0n) is 14.3. The molecule has 1 aliphatic heterocycles. The highest BCUT2D eigenvalue weighted by Gasteiger charge is 2.29. The van der Waals surface area contributed by atoms with Gasteiger partial charge in [-0.2, -0.15) is 0 Å². The SMILES string of the molecule is CC1(C)CC(=O)C=C(NC2CCN(Cc3ccccc3)CC2)C1. The largest absolute Gasteiger partial charge is 0.385 e. The quantitative estimate of drug-likeness (QED) is 0.923. The third kappa shape index (κ3) is 4.68. The maximum atomic E-state index is 11.9. The fraction of sp³-hybridized carbons (Fsp3) is 0.550. The summed E-state index contributed by atoms with van der Waals surface area (Å²) >= 11 is 0. The molecule has 1 heterocycles. The molecule has 1 N–H and O–H groups in total. The Morgan fingerprint density at radius 2 is 1.83 bits per heavy atom. The zero-order valence-corrected chi connectivity index (χ0v) is 14.3. The average molecular weight is 312 g/mol. The van der Waals surface area contributed by atoms with Gasteiger partial charge in [-0.3, -0.25) is 9.69 Å². The predicted octanol–water partition coefficient (Wildman–Crippen LogP) is 3.51. The van der Waals surface area contributed by atoms with E-state index in [0.717, 1.165) is 44.6 Å². The van der Waals surface area contributed by atoms with Crippen LogP contribution in [0.15, 0.2) is 42.1 Å². The van der Waals surface area contributed by atoms with E-state index in [2.05, 4.69) is 54.4 Å². The maximum Gasteiger partial charge on any atom is 0.157 e. The molecule has 0 bridgehead atoms. The molecule has 3 rings (SSSR count). The van der Waals surface area contributed by atoms with Crippen LogP contribution >= 0.6 is 0 Å². The predicted molar refractivity (Wildman–Crippen MR) is 94.0 cm³/mol. The van der Waals surface area contributed by atoms with Gasteiger partial charge in [0.05, 0.1) is 0 Å². The molecule has 0 unspecified atom stereocenters. The topological polar surface area (TPSA) is 32.3 Å². The van der Waals surface area contributed by atoms with E-state index < -0.39 is 0 Å². The van der Waals surface area contributed by atoms with Crippen molar-refractivity contribution in [2.75, 3.05) is 13.1 Å². The van der Waals surface area contributed by atoms with Crippen molar-refractivity contribution in [3.63, 3.8) is 0 Å². The van der Waals surface area contributed by atoms with Crippen LogP contribution in [0.5, 0.6) is 0 Å². The highest BCUT2D eigenvalue weighted by Crippen LogP contribution is 2.33. The fourth-order valence-corrected chi connectivity index (χ4v) is 3.78. The van der Waals surface area contributed by atoms with Gasteiger partial charge in [-0.25, -0.2) is 0 Å². The van der Waals surface area contributed by atoms with Crippen molar-refractivity contribution in [3.05, 3.63) is 47.7 Å². The van der Waals surface area contributed by atoms with Gasteiger partial charge in [0.15, 0.2) is 5.78 Å². The van der Waals surface area contributed by atoms with Crippen LogP contribution in [-0.4, -0.2) is 29.8 Å². The summed E-state index contributed by atoms with van der Waals surface area (Å²) in [5, 5.41) is 3.64. The summed E-state index contributed by atoms with van der Waals surface area (Å²) in [4.78, 5) is 14.4. The number of hydrogen-bond donors (Lipinski definition) is 1. The number of hydrogen-bond acceptors (Lipinski definition) is 3. The molecule has 0 atom stereocenters. The van der Waals surface area contributed by atoms with Crippen molar-refractivity contribution in [1.29, 1.82) is 0 Å². The number of benzene rings is 1. The van der Waals surface area contributed by atoms with Crippen LogP contribution in [0.1, 0.15) is 45.1 Å². The zero-order chi connectivity index (χ0) is 16.3. The van der Waals surface area contributed by atoms with Crippen LogP contribution in [0.25, 0.3) is 0 Å². The normalized spacial score (nSPS) is 22.7. The molecule has 2 aliphatic rings. The molecule has 1 aliphatic carbocycles. The maximum absolute atomic E-state index is 11.9. The first kappa shape index (κ1) is 16.3. The smallest absolute Gasteiger partial charge is 0.157 e. The molecule has 124 valence electrons. The van der Waals surface area contributed by atoms with Crippen molar-refractivity contribution in [3.8, 4) is 0 Å². The number of allylic oxidation sites excluding steroid dienone is 2. The first-order valence-corrected chi connectivity index (χ1v) is 8.76. The highest BCUT2D eigenvalue weighted by molar-refractivity contribution is 5.91. The molecule has 0 radical (unpaired) electrons. The molecule has 1 saturated heterocycles. The van der Waals surface area contributed by atoms with Gasteiger partial charge in [-0.05, 0) is 30.2 Å². The van der Waals surface area contributed by atoms with Gasteiger partial charge in [0, 0.05) is 43.9 Å². The van der Waals surface area contributed by atoms with Crippen molar-refractivity contribution in [2.45, 2.75) is 52.1 Å². The van der Waals surface area contributed by atoms with E-state index in [0.29, 0.717) is 12.5 Å². The molecule has 23 heavy (non-hydrogen) atoms. The second kappa shape index (κ2) is 6.88. The molecule has 1 aromatic carbocycles. The Morgan fingerprint density at radius 3 is 2.48 bits per heavy atom. The molecule has 0 amide bonds. The van der Waals surface area contributed by atoms with Crippen LogP contribution in [-0.2, 0) is 11.3 Å². The van der Waals surface area contributed by atoms with E-state index in [4.69, 9.17) is 0 Å². The Balaban J connectivity index is 1.49. The van der Waals surface area contributed by atoms with Crippen molar-refractivity contribution < 1.29 is 4.79 Å². The second-order valence-corrected chi connectivity index (χ2v) is 7.83. The molecule has 1 fully saturated rings. The Morgan fingerprint density at radius 1 is 1.13 bits per heavy atom. The molecule has 1 aromatic rings. The molecule has 0 saturated carbocycles. The van der Waals surface area contributed by atoms with E-state index in [1.165, 1.54) is 5.56 Å². The molecular formula is C20H28N2O. The number of nitrogens with one attached hydrogen (secondary N) is 1. The van der Waals surface area contributed by atoms with E-state index in [1.54, 1.807) is 0 Å². The van der Waals surface area contributed by atoms with E-state index in [-0.39, 0.29) is 11.2 Å². The number of carbonyl (C=O) groups is 1. The van der Waals surface area contributed by atoms with Gasteiger partial charge in [0.1, 0.15) is 0 Å². The van der Waals surface area contributed by atoms with Gasteiger partial charge in [0.2, 0.25) is 0 Å². The molecule has 0 spiro atoms. The van der Waals surface area contributed by atoms with Crippen molar-refractivity contribution in [2.24, 2.45) is 5.41 Å². The minimum atomic E-state index is 0.0994. The van der Waals surface area contributed by atoms with Crippen LogP contribution in [0.3, 0.4) is 0 Å². The third-order valence-electron chi connectivity index (χ3n) is 4.88. The number of carbonyl (C=O) groups excluding carboxylic acids is 1. The lowest BCUT2D eigenvalue weighted by Crippen LogP contribution is -2.43. The van der Waals surface area contributed by atoms with Gasteiger partial charge in [-0.1, -0.05) is 44.2 Å². The molecule has 3 heteroatoms. The summed E-state index contributed by atoms with van der Waals surface area (Å²) in [6, 6.07) is 11.2. The summed E-state index contributed by atoms with van der Waals surface area (Å²) in [6.07, 6.45) is 5.80. The van der Waals surface area contributed by atoms with Gasteiger partial charge in [-0.15, -0.1) is 0 Å². The van der Waals surface area contributed by atoms with Crippen molar-refractivity contribution >= 4 is 5.78 Å². The lowest BCUT2D eigenvalue weighted by Gasteiger charge is -2.36.